The van der Waals surface area contributed by atoms with Gasteiger partial charge in [-0.15, -0.1) is 0 Å². The molecule has 0 saturated carbocycles. The molecule has 2 fully saturated rings. The van der Waals surface area contributed by atoms with Crippen LogP contribution in [0.2, 0.25) is 0 Å². The molecule has 0 radical (unpaired) electrons. The number of guanidine groups is 1. The first-order chi connectivity index (χ1) is 11.9. The van der Waals surface area contributed by atoms with Crippen molar-refractivity contribution >= 4 is 5.96 Å². The molecule has 0 aromatic rings. The molecule has 1 N–H and O–H groups in total. The van der Waals surface area contributed by atoms with E-state index in [9.17, 15) is 0 Å². The van der Waals surface area contributed by atoms with Crippen LogP contribution in [0, 0.1) is 0 Å². The number of likely N-dealkylation sites (tertiary alicyclic amines) is 1. The van der Waals surface area contributed by atoms with Crippen LogP contribution >= 0.6 is 0 Å². The summed E-state index contributed by atoms with van der Waals surface area (Å²) in [5.74, 6) is 1.12. The van der Waals surface area contributed by atoms with Gasteiger partial charge in [0, 0.05) is 45.3 Å². The zero-order chi connectivity index (χ0) is 16.6. The summed E-state index contributed by atoms with van der Waals surface area (Å²) in [6.45, 7) is 10.2. The van der Waals surface area contributed by atoms with E-state index in [1.807, 2.05) is 0 Å². The van der Waals surface area contributed by atoms with Gasteiger partial charge in [0.05, 0.1) is 13.2 Å². The molecule has 1 unspecified atom stereocenters. The molecule has 1 atom stereocenters. The normalized spacial score (nSPS) is 26.5. The fourth-order valence-corrected chi connectivity index (χ4v) is 4.04. The molecule has 2 aliphatic heterocycles. The lowest BCUT2D eigenvalue weighted by Gasteiger charge is -2.32. The number of nitrogens with one attached hydrogen (secondary N) is 1. The Bertz CT molecular complexity index is 443. The van der Waals surface area contributed by atoms with Gasteiger partial charge in [-0.2, -0.15) is 0 Å². The van der Waals surface area contributed by atoms with Crippen LogP contribution in [0.5, 0.6) is 0 Å². The first-order valence-electron chi connectivity index (χ1n) is 9.90. The molecule has 2 saturated heterocycles. The quantitative estimate of drug-likeness (QED) is 0.476. The van der Waals surface area contributed by atoms with Crippen molar-refractivity contribution in [2.75, 3.05) is 52.5 Å². The van der Waals surface area contributed by atoms with Gasteiger partial charge in [-0.3, -0.25) is 9.89 Å². The standard InChI is InChI=1S/C19H34N4O/c1-2-20-19(21-10-8-17-6-4-3-5-7-17)23-11-9-18(16-23)22-12-14-24-15-13-22/h6,18H,2-5,7-16H2,1H3,(H,20,21). The highest BCUT2D eigenvalue weighted by molar-refractivity contribution is 5.80. The van der Waals surface area contributed by atoms with Crippen LogP contribution < -0.4 is 5.32 Å². The highest BCUT2D eigenvalue weighted by Crippen LogP contribution is 2.20. The Kier molecular flexibility index (Phi) is 6.97. The maximum Gasteiger partial charge on any atom is 0.193 e. The Morgan fingerprint density at radius 2 is 2.17 bits per heavy atom. The van der Waals surface area contributed by atoms with Gasteiger partial charge in [0.1, 0.15) is 0 Å². The third-order valence-electron chi connectivity index (χ3n) is 5.44. The maximum absolute atomic E-state index is 5.49. The lowest BCUT2D eigenvalue weighted by Crippen LogP contribution is -2.46. The van der Waals surface area contributed by atoms with Crippen molar-refractivity contribution in [2.45, 2.75) is 51.5 Å². The number of rotatable bonds is 5. The number of hydrogen-bond donors (Lipinski definition) is 1. The van der Waals surface area contributed by atoms with Crippen LogP contribution in [0.3, 0.4) is 0 Å². The van der Waals surface area contributed by atoms with Gasteiger partial charge in [0.25, 0.3) is 0 Å². The first-order valence-corrected chi connectivity index (χ1v) is 9.90. The van der Waals surface area contributed by atoms with Gasteiger partial charge in [-0.1, -0.05) is 11.6 Å². The molecular weight excluding hydrogens is 300 g/mol. The van der Waals surface area contributed by atoms with E-state index in [0.717, 1.165) is 64.9 Å². The molecule has 0 spiro atoms. The lowest BCUT2D eigenvalue weighted by atomic mass is 9.97. The van der Waals surface area contributed by atoms with E-state index in [-0.39, 0.29) is 0 Å². The summed E-state index contributed by atoms with van der Waals surface area (Å²) in [5, 5.41) is 3.50. The predicted octanol–water partition coefficient (Wildman–Crippen LogP) is 2.25. The van der Waals surface area contributed by atoms with E-state index in [2.05, 4.69) is 28.1 Å². The van der Waals surface area contributed by atoms with E-state index in [1.165, 1.54) is 32.1 Å². The van der Waals surface area contributed by atoms with Crippen molar-refractivity contribution in [1.29, 1.82) is 0 Å². The average molecular weight is 335 g/mol. The van der Waals surface area contributed by atoms with Gasteiger partial charge in [-0.25, -0.2) is 0 Å². The average Bonchev–Trinajstić information content (AvgIpc) is 3.13. The molecule has 3 aliphatic rings. The van der Waals surface area contributed by atoms with Gasteiger partial charge < -0.3 is 15.0 Å². The molecule has 136 valence electrons. The molecule has 1 aliphatic carbocycles. The molecule has 0 aromatic heterocycles. The van der Waals surface area contributed by atoms with Crippen LogP contribution in [0.25, 0.3) is 0 Å². The largest absolute Gasteiger partial charge is 0.379 e. The zero-order valence-electron chi connectivity index (χ0n) is 15.3. The Morgan fingerprint density at radius 1 is 1.29 bits per heavy atom. The molecule has 5 heteroatoms. The van der Waals surface area contributed by atoms with Crippen LogP contribution in [-0.2, 0) is 4.74 Å². The van der Waals surface area contributed by atoms with Crippen molar-refractivity contribution in [2.24, 2.45) is 4.99 Å². The molecule has 0 bridgehead atoms. The fourth-order valence-electron chi connectivity index (χ4n) is 4.04. The van der Waals surface area contributed by atoms with Gasteiger partial charge in [-0.05, 0) is 45.4 Å². The van der Waals surface area contributed by atoms with Crippen LogP contribution in [-0.4, -0.2) is 74.3 Å². The van der Waals surface area contributed by atoms with E-state index >= 15 is 0 Å². The highest BCUT2D eigenvalue weighted by Gasteiger charge is 2.30. The number of ether oxygens (including phenoxy) is 1. The topological polar surface area (TPSA) is 40.1 Å². The second-order valence-electron chi connectivity index (χ2n) is 7.13. The summed E-state index contributed by atoms with van der Waals surface area (Å²) in [4.78, 5) is 9.97. The fraction of sp³-hybridized carbons (Fsp3) is 0.842. The SMILES string of the molecule is CCNC(=NCCC1=CCCCC1)N1CCC(N2CCOCC2)C1. The second-order valence-corrected chi connectivity index (χ2v) is 7.13. The number of hydrogen-bond acceptors (Lipinski definition) is 3. The molecule has 0 amide bonds. The first kappa shape index (κ1) is 17.7. The molecule has 24 heavy (non-hydrogen) atoms. The zero-order valence-corrected chi connectivity index (χ0v) is 15.3. The number of nitrogens with zero attached hydrogens (tertiary/aromatic N) is 3. The van der Waals surface area contributed by atoms with Crippen molar-refractivity contribution in [1.82, 2.24) is 15.1 Å². The summed E-state index contributed by atoms with van der Waals surface area (Å²) >= 11 is 0. The minimum Gasteiger partial charge on any atom is -0.379 e. The lowest BCUT2D eigenvalue weighted by molar-refractivity contribution is 0.0195. The van der Waals surface area contributed by atoms with E-state index in [0.29, 0.717) is 6.04 Å². The van der Waals surface area contributed by atoms with Gasteiger partial charge in [0.2, 0.25) is 0 Å². The smallest absolute Gasteiger partial charge is 0.193 e. The summed E-state index contributed by atoms with van der Waals surface area (Å²) in [5.41, 5.74) is 1.62. The summed E-state index contributed by atoms with van der Waals surface area (Å²) in [6.07, 6.45) is 10.1. The van der Waals surface area contributed by atoms with E-state index in [4.69, 9.17) is 9.73 Å². The van der Waals surface area contributed by atoms with Crippen LogP contribution in [0.1, 0.15) is 45.4 Å². The number of morpholine rings is 1. The monoisotopic (exact) mass is 334 g/mol. The van der Waals surface area contributed by atoms with Crippen molar-refractivity contribution in [3.63, 3.8) is 0 Å². The summed E-state index contributed by atoms with van der Waals surface area (Å²) in [7, 11) is 0. The van der Waals surface area contributed by atoms with Crippen molar-refractivity contribution in [3.05, 3.63) is 11.6 Å². The van der Waals surface area contributed by atoms with E-state index < -0.39 is 0 Å². The third-order valence-corrected chi connectivity index (χ3v) is 5.44. The van der Waals surface area contributed by atoms with Crippen molar-refractivity contribution < 1.29 is 4.74 Å². The van der Waals surface area contributed by atoms with Gasteiger partial charge in [0.15, 0.2) is 5.96 Å². The molecule has 3 rings (SSSR count). The minimum atomic E-state index is 0.666. The molecular formula is C19H34N4O. The Balaban J connectivity index is 1.50. The van der Waals surface area contributed by atoms with Gasteiger partial charge >= 0.3 is 0 Å². The van der Waals surface area contributed by atoms with Crippen LogP contribution in [0.15, 0.2) is 16.6 Å². The molecule has 0 aromatic carbocycles. The van der Waals surface area contributed by atoms with Crippen molar-refractivity contribution in [3.8, 4) is 0 Å². The summed E-state index contributed by atoms with van der Waals surface area (Å²) < 4.78 is 5.49. The second kappa shape index (κ2) is 9.42. The predicted molar refractivity (Wildman–Crippen MR) is 99.5 cm³/mol. The summed E-state index contributed by atoms with van der Waals surface area (Å²) in [6, 6.07) is 0.666. The minimum absolute atomic E-state index is 0.666. The Hall–Kier alpha value is -1.07. The third kappa shape index (κ3) is 4.96. The Labute approximate surface area is 147 Å². The Morgan fingerprint density at radius 3 is 2.92 bits per heavy atom. The molecule has 2 heterocycles. The maximum atomic E-state index is 5.49. The number of aliphatic imine (C=N–C) groups is 1. The molecule has 5 nitrogen and oxygen atoms in total. The number of allylic oxidation sites excluding steroid dienone is 1. The van der Waals surface area contributed by atoms with Crippen LogP contribution in [0.4, 0.5) is 0 Å². The highest BCUT2D eigenvalue weighted by atomic mass is 16.5. The van der Waals surface area contributed by atoms with E-state index in [1.54, 1.807) is 5.57 Å².